The average molecular weight is 335 g/mol. The van der Waals surface area contributed by atoms with Crippen molar-refractivity contribution < 1.29 is 4.74 Å². The van der Waals surface area contributed by atoms with Gasteiger partial charge in [0.25, 0.3) is 0 Å². The molecule has 4 rings (SSSR count). The molecule has 0 atom stereocenters. The van der Waals surface area contributed by atoms with E-state index in [2.05, 4.69) is 63.6 Å². The number of hydrogen-bond donors (Lipinski definition) is 0. The van der Waals surface area contributed by atoms with E-state index in [0.717, 1.165) is 26.1 Å². The van der Waals surface area contributed by atoms with E-state index in [9.17, 15) is 0 Å². The SMILES string of the molecule is C1=CN(C2CCC(OCc3ccccc3)CC2)CN1c1ccncc1. The van der Waals surface area contributed by atoms with Crippen LogP contribution in [0.5, 0.6) is 0 Å². The molecule has 0 saturated heterocycles. The van der Waals surface area contributed by atoms with Gasteiger partial charge in [-0.15, -0.1) is 0 Å². The second-order valence-corrected chi connectivity index (χ2v) is 6.86. The minimum Gasteiger partial charge on any atom is -0.374 e. The first-order valence-corrected chi connectivity index (χ1v) is 9.15. The number of pyridine rings is 1. The highest BCUT2D eigenvalue weighted by Crippen LogP contribution is 2.29. The monoisotopic (exact) mass is 335 g/mol. The first-order chi connectivity index (χ1) is 12.4. The predicted molar refractivity (Wildman–Crippen MR) is 99.8 cm³/mol. The van der Waals surface area contributed by atoms with Gasteiger partial charge in [-0.1, -0.05) is 30.3 Å². The molecular weight excluding hydrogens is 310 g/mol. The lowest BCUT2D eigenvalue weighted by Crippen LogP contribution is -2.38. The van der Waals surface area contributed by atoms with E-state index >= 15 is 0 Å². The largest absolute Gasteiger partial charge is 0.374 e. The highest BCUT2D eigenvalue weighted by atomic mass is 16.5. The zero-order valence-corrected chi connectivity index (χ0v) is 14.5. The molecule has 25 heavy (non-hydrogen) atoms. The summed E-state index contributed by atoms with van der Waals surface area (Å²) in [5.41, 5.74) is 2.47. The maximum atomic E-state index is 6.12. The molecule has 1 aliphatic heterocycles. The Morgan fingerprint density at radius 2 is 1.68 bits per heavy atom. The number of rotatable bonds is 5. The summed E-state index contributed by atoms with van der Waals surface area (Å²) >= 11 is 0. The van der Waals surface area contributed by atoms with E-state index in [1.54, 1.807) is 0 Å². The number of benzene rings is 1. The summed E-state index contributed by atoms with van der Waals surface area (Å²) in [7, 11) is 0. The number of nitrogens with zero attached hydrogens (tertiary/aromatic N) is 3. The van der Waals surface area contributed by atoms with Gasteiger partial charge >= 0.3 is 0 Å². The fraction of sp³-hybridized carbons (Fsp3) is 0.381. The molecule has 1 aromatic carbocycles. The van der Waals surface area contributed by atoms with Crippen molar-refractivity contribution in [3.63, 3.8) is 0 Å². The van der Waals surface area contributed by atoms with Crippen molar-refractivity contribution in [2.24, 2.45) is 0 Å². The van der Waals surface area contributed by atoms with Crippen LogP contribution in [0.4, 0.5) is 5.69 Å². The summed E-state index contributed by atoms with van der Waals surface area (Å²) in [4.78, 5) is 8.84. The summed E-state index contributed by atoms with van der Waals surface area (Å²) in [5.74, 6) is 0. The Kier molecular flexibility index (Phi) is 4.98. The Bertz CT molecular complexity index is 681. The molecule has 130 valence electrons. The zero-order valence-electron chi connectivity index (χ0n) is 14.5. The molecule has 0 spiro atoms. The Hall–Kier alpha value is -2.33. The van der Waals surface area contributed by atoms with E-state index in [0.29, 0.717) is 12.1 Å². The summed E-state index contributed by atoms with van der Waals surface area (Å²) in [5, 5.41) is 0. The van der Waals surface area contributed by atoms with Crippen molar-refractivity contribution in [2.45, 2.75) is 44.4 Å². The number of ether oxygens (including phenoxy) is 1. The lowest BCUT2D eigenvalue weighted by atomic mass is 9.92. The van der Waals surface area contributed by atoms with Gasteiger partial charge in [0.05, 0.1) is 19.4 Å². The molecule has 4 nitrogen and oxygen atoms in total. The van der Waals surface area contributed by atoms with Gasteiger partial charge in [0.2, 0.25) is 0 Å². The summed E-state index contributed by atoms with van der Waals surface area (Å²) in [6.45, 7) is 1.67. The zero-order chi connectivity index (χ0) is 16.9. The molecule has 0 N–H and O–H groups in total. The van der Waals surface area contributed by atoms with Crippen molar-refractivity contribution in [3.8, 4) is 0 Å². The summed E-state index contributed by atoms with van der Waals surface area (Å²) in [6, 6.07) is 15.2. The van der Waals surface area contributed by atoms with Crippen LogP contribution in [-0.4, -0.2) is 28.7 Å². The van der Waals surface area contributed by atoms with Gasteiger partial charge in [0.15, 0.2) is 0 Å². The maximum absolute atomic E-state index is 6.12. The van der Waals surface area contributed by atoms with Gasteiger partial charge in [-0.25, -0.2) is 0 Å². The lowest BCUT2D eigenvalue weighted by molar-refractivity contribution is 0.00338. The van der Waals surface area contributed by atoms with Crippen LogP contribution in [0, 0.1) is 0 Å². The molecule has 0 radical (unpaired) electrons. The van der Waals surface area contributed by atoms with Crippen LogP contribution < -0.4 is 4.90 Å². The third kappa shape index (κ3) is 4.02. The van der Waals surface area contributed by atoms with Gasteiger partial charge in [-0.05, 0) is 43.4 Å². The quantitative estimate of drug-likeness (QED) is 0.820. The van der Waals surface area contributed by atoms with Crippen molar-refractivity contribution in [1.29, 1.82) is 0 Å². The fourth-order valence-corrected chi connectivity index (χ4v) is 3.71. The lowest BCUT2D eigenvalue weighted by Gasteiger charge is -2.35. The fourth-order valence-electron chi connectivity index (χ4n) is 3.71. The number of hydrogen-bond acceptors (Lipinski definition) is 4. The topological polar surface area (TPSA) is 28.6 Å². The smallest absolute Gasteiger partial charge is 0.0944 e. The van der Waals surface area contributed by atoms with Gasteiger partial charge in [0.1, 0.15) is 0 Å². The van der Waals surface area contributed by atoms with Crippen LogP contribution in [0.1, 0.15) is 31.2 Å². The van der Waals surface area contributed by atoms with Crippen LogP contribution >= 0.6 is 0 Å². The Balaban J connectivity index is 1.23. The summed E-state index contributed by atoms with van der Waals surface area (Å²) in [6.07, 6.45) is 13.2. The molecule has 1 fully saturated rings. The minimum atomic E-state index is 0.402. The molecule has 0 unspecified atom stereocenters. The second kappa shape index (κ2) is 7.70. The first kappa shape index (κ1) is 16.2. The molecule has 1 saturated carbocycles. The summed E-state index contributed by atoms with van der Waals surface area (Å²) < 4.78 is 6.12. The highest BCUT2D eigenvalue weighted by Gasteiger charge is 2.27. The molecule has 0 bridgehead atoms. The molecule has 1 aliphatic carbocycles. The third-order valence-electron chi connectivity index (χ3n) is 5.19. The molecular formula is C21H25N3O. The van der Waals surface area contributed by atoms with Crippen molar-refractivity contribution in [2.75, 3.05) is 11.6 Å². The van der Waals surface area contributed by atoms with Gasteiger partial charge in [-0.3, -0.25) is 4.98 Å². The van der Waals surface area contributed by atoms with E-state index < -0.39 is 0 Å². The number of aromatic nitrogens is 1. The standard InChI is InChI=1S/C21H25N3O/c1-2-4-18(5-3-1)16-25-21-8-6-19(7-9-21)23-14-15-24(17-23)20-10-12-22-13-11-20/h1-5,10-15,19,21H,6-9,16-17H2. The molecule has 2 heterocycles. The van der Waals surface area contributed by atoms with E-state index in [1.165, 1.54) is 24.1 Å². The van der Waals surface area contributed by atoms with Crippen molar-refractivity contribution in [3.05, 3.63) is 72.8 Å². The van der Waals surface area contributed by atoms with Gasteiger partial charge in [-0.2, -0.15) is 0 Å². The van der Waals surface area contributed by atoms with Crippen LogP contribution in [0.25, 0.3) is 0 Å². The van der Waals surface area contributed by atoms with Crippen LogP contribution in [0.3, 0.4) is 0 Å². The van der Waals surface area contributed by atoms with Crippen LogP contribution in [0.15, 0.2) is 67.3 Å². The Labute approximate surface area is 149 Å². The van der Waals surface area contributed by atoms with Crippen LogP contribution in [-0.2, 0) is 11.3 Å². The first-order valence-electron chi connectivity index (χ1n) is 9.15. The Morgan fingerprint density at radius 1 is 0.920 bits per heavy atom. The molecule has 1 aromatic heterocycles. The van der Waals surface area contributed by atoms with Crippen LogP contribution in [0.2, 0.25) is 0 Å². The average Bonchev–Trinajstić information content (AvgIpc) is 3.19. The van der Waals surface area contributed by atoms with E-state index in [-0.39, 0.29) is 0 Å². The predicted octanol–water partition coefficient (Wildman–Crippen LogP) is 4.16. The van der Waals surface area contributed by atoms with Gasteiger partial charge < -0.3 is 14.5 Å². The number of anilines is 1. The Morgan fingerprint density at radius 3 is 2.44 bits per heavy atom. The maximum Gasteiger partial charge on any atom is 0.0944 e. The molecule has 0 amide bonds. The van der Waals surface area contributed by atoms with Gasteiger partial charge in [0, 0.05) is 36.5 Å². The minimum absolute atomic E-state index is 0.402. The van der Waals surface area contributed by atoms with E-state index in [1.807, 2.05) is 18.5 Å². The van der Waals surface area contributed by atoms with Crippen molar-refractivity contribution in [1.82, 2.24) is 9.88 Å². The molecule has 2 aromatic rings. The second-order valence-electron chi connectivity index (χ2n) is 6.86. The molecule has 2 aliphatic rings. The third-order valence-corrected chi connectivity index (χ3v) is 5.19. The highest BCUT2D eigenvalue weighted by molar-refractivity contribution is 5.48. The van der Waals surface area contributed by atoms with E-state index in [4.69, 9.17) is 4.74 Å². The van der Waals surface area contributed by atoms with Crippen molar-refractivity contribution >= 4 is 5.69 Å². The normalized spacial score (nSPS) is 23.2. The molecule has 4 heteroatoms.